The predicted octanol–water partition coefficient (Wildman–Crippen LogP) is 5.15. The molecule has 0 radical (unpaired) electrons. The van der Waals surface area contributed by atoms with Crippen molar-refractivity contribution in [1.82, 2.24) is 14.8 Å². The summed E-state index contributed by atoms with van der Waals surface area (Å²) in [6.45, 7) is 1.93. The van der Waals surface area contributed by atoms with Crippen LogP contribution in [0.1, 0.15) is 17.1 Å². The fraction of sp³-hybridized carbons (Fsp3) is 0.0526. The van der Waals surface area contributed by atoms with Crippen molar-refractivity contribution < 1.29 is 4.42 Å². The van der Waals surface area contributed by atoms with Gasteiger partial charge < -0.3 is 4.42 Å². The molecule has 0 atom stereocenters. The monoisotopic (exact) mass is 335 g/mol. The first-order chi connectivity index (χ1) is 11.7. The van der Waals surface area contributed by atoms with Gasteiger partial charge in [-0.15, -0.1) is 0 Å². The Balaban J connectivity index is 1.70. The maximum atomic E-state index is 6.51. The van der Waals surface area contributed by atoms with Gasteiger partial charge in [0.1, 0.15) is 10.7 Å². The lowest BCUT2D eigenvalue weighted by Gasteiger charge is -2.01. The molecule has 5 heteroatoms. The van der Waals surface area contributed by atoms with E-state index in [1.807, 2.05) is 73.7 Å². The molecule has 0 unspecified atom stereocenters. The number of aryl methyl sites for hydroxylation is 1. The molecule has 2 aromatic heterocycles. The molecule has 4 rings (SSSR count). The van der Waals surface area contributed by atoms with Crippen molar-refractivity contribution in [3.8, 4) is 5.69 Å². The van der Waals surface area contributed by atoms with Crippen molar-refractivity contribution in [2.45, 2.75) is 6.92 Å². The summed E-state index contributed by atoms with van der Waals surface area (Å²) in [4.78, 5) is 4.43. The van der Waals surface area contributed by atoms with Crippen LogP contribution in [0.15, 0.2) is 59.0 Å². The van der Waals surface area contributed by atoms with E-state index in [1.165, 1.54) is 0 Å². The first-order valence-corrected chi connectivity index (χ1v) is 7.94. The molecule has 0 fully saturated rings. The van der Waals surface area contributed by atoms with Gasteiger partial charge in [-0.1, -0.05) is 41.9 Å². The number of para-hydroxylation sites is 3. The van der Waals surface area contributed by atoms with E-state index in [1.54, 1.807) is 4.68 Å². The Labute approximate surface area is 144 Å². The second-order valence-corrected chi connectivity index (χ2v) is 5.75. The number of aromatic nitrogens is 3. The molecule has 118 valence electrons. The minimum atomic E-state index is 0.541. The standard InChI is InChI=1S/C19H14ClN3O/c1-13-15(19(20)23(22-13)14-7-3-2-4-8-14)11-12-18-21-16-9-5-6-10-17(16)24-18/h2-12H,1H3/b12-11+. The van der Waals surface area contributed by atoms with E-state index in [9.17, 15) is 0 Å². The first kappa shape index (κ1) is 14.7. The highest BCUT2D eigenvalue weighted by Gasteiger charge is 2.12. The lowest BCUT2D eigenvalue weighted by atomic mass is 10.2. The first-order valence-electron chi connectivity index (χ1n) is 7.56. The fourth-order valence-electron chi connectivity index (χ4n) is 2.56. The van der Waals surface area contributed by atoms with Crippen LogP contribution in [0.25, 0.3) is 28.9 Å². The van der Waals surface area contributed by atoms with Gasteiger partial charge in [-0.3, -0.25) is 0 Å². The summed E-state index contributed by atoms with van der Waals surface area (Å²) in [5.74, 6) is 0.541. The maximum absolute atomic E-state index is 6.51. The largest absolute Gasteiger partial charge is 0.437 e. The summed E-state index contributed by atoms with van der Waals surface area (Å²) in [7, 11) is 0. The smallest absolute Gasteiger partial charge is 0.220 e. The average Bonchev–Trinajstić information content (AvgIpc) is 3.14. The quantitative estimate of drug-likeness (QED) is 0.520. The van der Waals surface area contributed by atoms with Gasteiger partial charge in [0.25, 0.3) is 0 Å². The van der Waals surface area contributed by atoms with Crippen LogP contribution in [0.3, 0.4) is 0 Å². The molecular weight excluding hydrogens is 322 g/mol. The Bertz CT molecular complexity index is 998. The normalized spacial score (nSPS) is 11.6. The number of benzene rings is 2. The molecule has 0 spiro atoms. The highest BCUT2D eigenvalue weighted by Crippen LogP contribution is 2.25. The summed E-state index contributed by atoms with van der Waals surface area (Å²) < 4.78 is 7.42. The molecule has 0 bridgehead atoms. The van der Waals surface area contributed by atoms with Crippen molar-refractivity contribution in [1.29, 1.82) is 0 Å². The Morgan fingerprint density at radius 3 is 2.54 bits per heavy atom. The Hall–Kier alpha value is -2.85. The Morgan fingerprint density at radius 1 is 1.00 bits per heavy atom. The number of rotatable bonds is 3. The fourth-order valence-corrected chi connectivity index (χ4v) is 2.89. The molecule has 4 nitrogen and oxygen atoms in total. The molecule has 2 heterocycles. The van der Waals surface area contributed by atoms with Crippen LogP contribution >= 0.6 is 11.6 Å². The van der Waals surface area contributed by atoms with Crippen molar-refractivity contribution in [2.24, 2.45) is 0 Å². The number of oxazole rings is 1. The number of hydrogen-bond donors (Lipinski definition) is 0. The molecule has 0 saturated heterocycles. The van der Waals surface area contributed by atoms with Gasteiger partial charge in [-0.2, -0.15) is 5.10 Å². The minimum absolute atomic E-state index is 0.541. The van der Waals surface area contributed by atoms with Crippen LogP contribution in [0, 0.1) is 6.92 Å². The molecule has 24 heavy (non-hydrogen) atoms. The molecular formula is C19H14ClN3O. The predicted molar refractivity (Wildman–Crippen MR) is 96.2 cm³/mol. The molecule has 2 aromatic carbocycles. The van der Waals surface area contributed by atoms with Gasteiger partial charge in [0.05, 0.1) is 11.4 Å². The second-order valence-electron chi connectivity index (χ2n) is 5.39. The molecule has 0 aliphatic carbocycles. The molecule has 0 saturated carbocycles. The SMILES string of the molecule is Cc1nn(-c2ccccc2)c(Cl)c1/C=C/c1nc2ccccc2o1. The summed E-state index contributed by atoms with van der Waals surface area (Å²) in [5, 5.41) is 5.08. The molecule has 0 N–H and O–H groups in total. The van der Waals surface area contributed by atoms with E-state index < -0.39 is 0 Å². The highest BCUT2D eigenvalue weighted by molar-refractivity contribution is 6.31. The molecule has 0 aliphatic heterocycles. The lowest BCUT2D eigenvalue weighted by Crippen LogP contribution is -1.95. The Morgan fingerprint density at radius 2 is 1.75 bits per heavy atom. The van der Waals surface area contributed by atoms with Crippen molar-refractivity contribution in [2.75, 3.05) is 0 Å². The van der Waals surface area contributed by atoms with E-state index in [-0.39, 0.29) is 0 Å². The third-order valence-corrected chi connectivity index (χ3v) is 4.12. The number of nitrogens with zero attached hydrogens (tertiary/aromatic N) is 3. The zero-order valence-electron chi connectivity index (χ0n) is 13.0. The van der Waals surface area contributed by atoms with Crippen molar-refractivity contribution in [3.05, 3.63) is 76.9 Å². The van der Waals surface area contributed by atoms with Gasteiger partial charge >= 0.3 is 0 Å². The number of fused-ring (bicyclic) bond motifs is 1. The third-order valence-electron chi connectivity index (χ3n) is 3.75. The Kier molecular flexibility index (Phi) is 3.67. The second kappa shape index (κ2) is 5.98. The van der Waals surface area contributed by atoms with Crippen LogP contribution in [0.2, 0.25) is 5.15 Å². The maximum Gasteiger partial charge on any atom is 0.220 e. The lowest BCUT2D eigenvalue weighted by molar-refractivity contribution is 0.590. The van der Waals surface area contributed by atoms with Gasteiger partial charge in [-0.25, -0.2) is 9.67 Å². The summed E-state index contributed by atoms with van der Waals surface area (Å²) >= 11 is 6.51. The van der Waals surface area contributed by atoms with Gasteiger partial charge in [0.2, 0.25) is 5.89 Å². The van der Waals surface area contributed by atoms with Crippen LogP contribution < -0.4 is 0 Å². The highest BCUT2D eigenvalue weighted by atomic mass is 35.5. The van der Waals surface area contributed by atoms with Crippen molar-refractivity contribution >= 4 is 34.9 Å². The summed E-state index contributed by atoms with van der Waals surface area (Å²) in [5.41, 5.74) is 4.21. The summed E-state index contributed by atoms with van der Waals surface area (Å²) in [6, 6.07) is 17.5. The van der Waals surface area contributed by atoms with E-state index in [0.717, 1.165) is 28.0 Å². The number of halogens is 1. The van der Waals surface area contributed by atoms with Gasteiger partial charge in [0.15, 0.2) is 5.58 Å². The topological polar surface area (TPSA) is 43.9 Å². The van der Waals surface area contributed by atoms with Gasteiger partial charge in [-0.05, 0) is 37.3 Å². The van der Waals surface area contributed by atoms with Crippen LogP contribution in [-0.4, -0.2) is 14.8 Å². The minimum Gasteiger partial charge on any atom is -0.437 e. The van der Waals surface area contributed by atoms with E-state index in [2.05, 4.69) is 10.1 Å². The number of hydrogen-bond acceptors (Lipinski definition) is 3. The molecule has 0 amide bonds. The third kappa shape index (κ3) is 2.61. The zero-order valence-corrected chi connectivity index (χ0v) is 13.7. The zero-order chi connectivity index (χ0) is 16.5. The van der Waals surface area contributed by atoms with E-state index in [4.69, 9.17) is 16.0 Å². The van der Waals surface area contributed by atoms with Gasteiger partial charge in [0, 0.05) is 11.6 Å². The average molecular weight is 336 g/mol. The molecule has 4 aromatic rings. The molecule has 0 aliphatic rings. The van der Waals surface area contributed by atoms with Crippen LogP contribution in [0.4, 0.5) is 0 Å². The van der Waals surface area contributed by atoms with E-state index >= 15 is 0 Å². The van der Waals surface area contributed by atoms with Crippen LogP contribution in [0.5, 0.6) is 0 Å². The van der Waals surface area contributed by atoms with E-state index in [0.29, 0.717) is 11.0 Å². The summed E-state index contributed by atoms with van der Waals surface area (Å²) in [6.07, 6.45) is 3.69. The van der Waals surface area contributed by atoms with Crippen LogP contribution in [-0.2, 0) is 0 Å². The van der Waals surface area contributed by atoms with Crippen molar-refractivity contribution in [3.63, 3.8) is 0 Å².